The van der Waals surface area contributed by atoms with E-state index in [-0.39, 0.29) is 6.54 Å². The van der Waals surface area contributed by atoms with Crippen LogP contribution in [0.25, 0.3) is 0 Å². The first-order chi connectivity index (χ1) is 8.69. The third-order valence-electron chi connectivity index (χ3n) is 1.97. The number of hydrogen-bond donors (Lipinski definition) is 3. The van der Waals surface area contributed by atoms with Gasteiger partial charge in [-0.15, -0.1) is 11.3 Å². The third kappa shape index (κ3) is 5.85. The Morgan fingerprint density at radius 1 is 1.58 bits per heavy atom. The molecule has 0 aliphatic rings. The maximum Gasteiger partial charge on any atom is 0.407 e. The van der Waals surface area contributed by atoms with Crippen LogP contribution in [0.5, 0.6) is 0 Å². The smallest absolute Gasteiger partial charge is 0.407 e. The number of hydrogen-bond acceptors (Lipinski definition) is 6. The normalized spacial score (nSPS) is 14.8. The van der Waals surface area contributed by atoms with Gasteiger partial charge >= 0.3 is 6.09 Å². The number of ether oxygens (including phenoxy) is 1. The van der Waals surface area contributed by atoms with Crippen molar-refractivity contribution < 1.29 is 19.7 Å². The molecule has 1 aromatic rings. The van der Waals surface area contributed by atoms with Gasteiger partial charge in [-0.3, -0.25) is 0 Å². The number of nitrogens with zero attached hydrogens (tertiary/aromatic N) is 1. The Hall–Kier alpha value is -0.700. The third-order valence-corrected chi connectivity index (χ3v) is 3.59. The van der Waals surface area contributed by atoms with Crippen LogP contribution in [-0.4, -0.2) is 39.5 Å². The number of amides is 1. The molecule has 0 aliphatic heterocycles. The van der Waals surface area contributed by atoms with E-state index in [2.05, 4.69) is 26.2 Å². The molecule has 0 radical (unpaired) electrons. The molecule has 1 heterocycles. The van der Waals surface area contributed by atoms with Gasteiger partial charge in [-0.1, -0.05) is 0 Å². The Balaban J connectivity index is 2.43. The summed E-state index contributed by atoms with van der Waals surface area (Å²) >= 11 is 4.38. The molecule has 0 aromatic carbocycles. The minimum Gasteiger partial charge on any atom is -0.444 e. The van der Waals surface area contributed by atoms with Crippen LogP contribution < -0.4 is 5.32 Å². The average molecular weight is 353 g/mol. The van der Waals surface area contributed by atoms with Gasteiger partial charge < -0.3 is 20.3 Å². The van der Waals surface area contributed by atoms with Crippen molar-refractivity contribution in [2.75, 3.05) is 6.54 Å². The van der Waals surface area contributed by atoms with E-state index < -0.39 is 23.9 Å². The molecule has 0 saturated carbocycles. The molecule has 6 nitrogen and oxygen atoms in total. The summed E-state index contributed by atoms with van der Waals surface area (Å²) in [5.74, 6) is 0. The molecule has 1 rings (SSSR count). The van der Waals surface area contributed by atoms with Crippen molar-refractivity contribution in [1.29, 1.82) is 0 Å². The summed E-state index contributed by atoms with van der Waals surface area (Å²) in [4.78, 5) is 15.4. The minimum absolute atomic E-state index is 0.118. The molecule has 0 bridgehead atoms. The number of carbonyl (C=O) groups is 1. The molecular weight excluding hydrogens is 336 g/mol. The molecule has 2 unspecified atom stereocenters. The zero-order valence-electron chi connectivity index (χ0n) is 10.9. The highest BCUT2D eigenvalue weighted by atomic mass is 79.9. The highest BCUT2D eigenvalue weighted by molar-refractivity contribution is 9.10. The summed E-state index contributed by atoms with van der Waals surface area (Å²) in [5.41, 5.74) is -0.603. The summed E-state index contributed by atoms with van der Waals surface area (Å²) < 4.78 is 5.61. The molecule has 8 heteroatoms. The summed E-state index contributed by atoms with van der Waals surface area (Å²) in [5, 5.41) is 24.1. The van der Waals surface area contributed by atoms with Gasteiger partial charge in [0.05, 0.1) is 0 Å². The van der Waals surface area contributed by atoms with Crippen LogP contribution in [0.15, 0.2) is 9.98 Å². The first-order valence-electron chi connectivity index (χ1n) is 5.63. The lowest BCUT2D eigenvalue weighted by molar-refractivity contribution is 0.0128. The number of nitrogens with one attached hydrogen (secondary N) is 1. The van der Waals surface area contributed by atoms with E-state index in [4.69, 9.17) is 4.74 Å². The number of aromatic nitrogens is 1. The zero-order valence-corrected chi connectivity index (χ0v) is 13.3. The van der Waals surface area contributed by atoms with Crippen molar-refractivity contribution >= 4 is 33.4 Å². The average Bonchev–Trinajstić information content (AvgIpc) is 2.69. The van der Waals surface area contributed by atoms with E-state index >= 15 is 0 Å². The first kappa shape index (κ1) is 16.4. The molecule has 19 heavy (non-hydrogen) atoms. The first-order valence-corrected chi connectivity index (χ1v) is 7.30. The maximum absolute atomic E-state index is 11.4. The van der Waals surface area contributed by atoms with Crippen molar-refractivity contribution in [3.05, 3.63) is 15.0 Å². The predicted octanol–water partition coefficient (Wildman–Crippen LogP) is 1.82. The van der Waals surface area contributed by atoms with E-state index in [0.717, 1.165) is 0 Å². The Kier molecular flexibility index (Phi) is 5.72. The molecule has 0 saturated heterocycles. The number of aliphatic hydroxyl groups is 2. The zero-order chi connectivity index (χ0) is 14.6. The van der Waals surface area contributed by atoms with E-state index in [1.165, 1.54) is 11.3 Å². The summed E-state index contributed by atoms with van der Waals surface area (Å²) in [6.45, 7) is 5.11. The van der Waals surface area contributed by atoms with Gasteiger partial charge in [-0.2, -0.15) is 0 Å². The molecule has 3 N–H and O–H groups in total. The second kappa shape index (κ2) is 6.65. The number of carbonyl (C=O) groups excluding carboxylic acids is 1. The summed E-state index contributed by atoms with van der Waals surface area (Å²) in [6, 6.07) is 0. The standard InChI is InChI=1S/C11H17BrN2O4S/c1-11(2,3)18-10(17)13-4-6(15)8(16)9-14-7(12)5-19-9/h5-6,8,15-16H,4H2,1-3H3,(H,13,17). The lowest BCUT2D eigenvalue weighted by atomic mass is 10.2. The van der Waals surface area contributed by atoms with Crippen LogP contribution >= 0.6 is 27.3 Å². The van der Waals surface area contributed by atoms with Crippen LogP contribution in [0.4, 0.5) is 4.79 Å². The lowest BCUT2D eigenvalue weighted by Gasteiger charge is -2.21. The second-order valence-electron chi connectivity index (χ2n) is 4.90. The Bertz CT molecular complexity index is 433. The molecule has 1 aromatic heterocycles. The van der Waals surface area contributed by atoms with Crippen LogP contribution in [0.1, 0.15) is 31.9 Å². The fourth-order valence-electron chi connectivity index (χ4n) is 1.18. The van der Waals surface area contributed by atoms with E-state index in [9.17, 15) is 15.0 Å². The molecular formula is C11H17BrN2O4S. The van der Waals surface area contributed by atoms with Crippen molar-refractivity contribution in [2.24, 2.45) is 0 Å². The Morgan fingerprint density at radius 3 is 2.68 bits per heavy atom. The van der Waals surface area contributed by atoms with Gasteiger partial charge in [0, 0.05) is 11.9 Å². The van der Waals surface area contributed by atoms with Gasteiger partial charge in [0.1, 0.15) is 27.4 Å². The maximum atomic E-state index is 11.4. The highest BCUT2D eigenvalue weighted by Crippen LogP contribution is 2.23. The predicted molar refractivity (Wildman–Crippen MR) is 75.0 cm³/mol. The minimum atomic E-state index is -1.15. The largest absolute Gasteiger partial charge is 0.444 e. The fraction of sp³-hybridized carbons (Fsp3) is 0.636. The van der Waals surface area contributed by atoms with Gasteiger partial charge in [0.15, 0.2) is 0 Å². The van der Waals surface area contributed by atoms with Gasteiger partial charge in [-0.25, -0.2) is 9.78 Å². The van der Waals surface area contributed by atoms with E-state index in [1.807, 2.05) is 0 Å². The summed E-state index contributed by atoms with van der Waals surface area (Å²) in [7, 11) is 0. The molecule has 108 valence electrons. The van der Waals surface area contributed by atoms with Crippen molar-refractivity contribution in [1.82, 2.24) is 10.3 Å². The van der Waals surface area contributed by atoms with Gasteiger partial charge in [-0.05, 0) is 36.7 Å². The highest BCUT2D eigenvalue weighted by Gasteiger charge is 2.23. The molecule has 0 spiro atoms. The van der Waals surface area contributed by atoms with Crippen molar-refractivity contribution in [3.63, 3.8) is 0 Å². The molecule has 1 amide bonds. The number of rotatable bonds is 4. The summed E-state index contributed by atoms with van der Waals surface area (Å²) in [6.07, 6.45) is -2.93. The van der Waals surface area contributed by atoms with Crippen LogP contribution in [-0.2, 0) is 4.74 Å². The number of aliphatic hydroxyl groups excluding tert-OH is 2. The van der Waals surface area contributed by atoms with E-state index in [0.29, 0.717) is 9.61 Å². The van der Waals surface area contributed by atoms with Crippen molar-refractivity contribution in [3.8, 4) is 0 Å². The van der Waals surface area contributed by atoms with Crippen LogP contribution in [0.2, 0.25) is 0 Å². The van der Waals surface area contributed by atoms with E-state index in [1.54, 1.807) is 26.2 Å². The molecule has 0 aliphatic carbocycles. The van der Waals surface area contributed by atoms with Crippen LogP contribution in [0.3, 0.4) is 0 Å². The number of thiazole rings is 1. The van der Waals surface area contributed by atoms with Gasteiger partial charge in [0.2, 0.25) is 0 Å². The number of alkyl carbamates (subject to hydrolysis) is 1. The monoisotopic (exact) mass is 352 g/mol. The van der Waals surface area contributed by atoms with Crippen molar-refractivity contribution in [2.45, 2.75) is 38.6 Å². The SMILES string of the molecule is CC(C)(C)OC(=O)NCC(O)C(O)c1nc(Br)cs1. The Labute approximate surface area is 123 Å². The number of halogens is 1. The van der Waals surface area contributed by atoms with Crippen LogP contribution in [0, 0.1) is 0 Å². The fourth-order valence-corrected chi connectivity index (χ4v) is 2.49. The topological polar surface area (TPSA) is 91.7 Å². The molecule has 0 fully saturated rings. The second-order valence-corrected chi connectivity index (χ2v) is 6.61. The quantitative estimate of drug-likeness (QED) is 0.768. The molecule has 2 atom stereocenters. The van der Waals surface area contributed by atoms with Gasteiger partial charge in [0.25, 0.3) is 0 Å². The lowest BCUT2D eigenvalue weighted by Crippen LogP contribution is -2.38. The Morgan fingerprint density at radius 2 is 2.21 bits per heavy atom.